The number of hydrogen-bond donors (Lipinski definition) is 3. The molecule has 6 heteroatoms. The first-order valence-corrected chi connectivity index (χ1v) is 5.36. The van der Waals surface area contributed by atoms with Gasteiger partial charge in [0.05, 0.1) is 0 Å². The SMILES string of the molecule is C[C@](O)(Cc1c(N)[nH]c2ccccc12)C(F)(F)F. The molecule has 0 radical (unpaired) electrons. The number of aromatic amines is 1. The average molecular weight is 258 g/mol. The average Bonchev–Trinajstić information content (AvgIpc) is 2.54. The highest BCUT2D eigenvalue weighted by Gasteiger charge is 2.50. The molecular weight excluding hydrogens is 245 g/mol. The third-order valence-electron chi connectivity index (χ3n) is 2.98. The van der Waals surface area contributed by atoms with E-state index < -0.39 is 18.2 Å². The summed E-state index contributed by atoms with van der Waals surface area (Å²) in [5.41, 5.74) is 3.81. The highest BCUT2D eigenvalue weighted by atomic mass is 19.4. The van der Waals surface area contributed by atoms with Gasteiger partial charge in [-0.05, 0) is 13.0 Å². The van der Waals surface area contributed by atoms with Crippen molar-refractivity contribution in [2.45, 2.75) is 25.1 Å². The van der Waals surface area contributed by atoms with Gasteiger partial charge in [-0.2, -0.15) is 13.2 Å². The number of aromatic nitrogens is 1. The molecule has 0 spiro atoms. The van der Waals surface area contributed by atoms with Crippen LogP contribution in [0.1, 0.15) is 12.5 Å². The maximum absolute atomic E-state index is 12.7. The predicted molar refractivity (Wildman–Crippen MR) is 63.1 cm³/mol. The van der Waals surface area contributed by atoms with Gasteiger partial charge in [-0.15, -0.1) is 0 Å². The molecule has 1 heterocycles. The molecule has 2 rings (SSSR count). The fourth-order valence-electron chi connectivity index (χ4n) is 1.86. The van der Waals surface area contributed by atoms with Crippen LogP contribution in [0.15, 0.2) is 24.3 Å². The van der Waals surface area contributed by atoms with E-state index in [9.17, 15) is 18.3 Å². The van der Waals surface area contributed by atoms with E-state index in [0.29, 0.717) is 10.9 Å². The van der Waals surface area contributed by atoms with Gasteiger partial charge in [0.1, 0.15) is 5.82 Å². The van der Waals surface area contributed by atoms with Crippen LogP contribution in [0.25, 0.3) is 10.9 Å². The van der Waals surface area contributed by atoms with Crippen molar-refractivity contribution in [2.75, 3.05) is 5.73 Å². The van der Waals surface area contributed by atoms with Crippen LogP contribution in [0.2, 0.25) is 0 Å². The number of H-pyrrole nitrogens is 1. The second-order valence-electron chi connectivity index (χ2n) is 4.51. The molecule has 0 fully saturated rings. The van der Waals surface area contributed by atoms with Crippen molar-refractivity contribution in [2.24, 2.45) is 0 Å². The number of nitrogens with two attached hydrogens (primary N) is 1. The van der Waals surface area contributed by atoms with Crippen molar-refractivity contribution in [1.29, 1.82) is 0 Å². The van der Waals surface area contributed by atoms with Crippen LogP contribution in [0.4, 0.5) is 19.0 Å². The molecule has 2 aromatic rings. The third-order valence-corrected chi connectivity index (χ3v) is 2.98. The number of alkyl halides is 3. The van der Waals surface area contributed by atoms with Crippen molar-refractivity contribution < 1.29 is 18.3 Å². The molecule has 0 bridgehead atoms. The fourth-order valence-corrected chi connectivity index (χ4v) is 1.86. The van der Waals surface area contributed by atoms with Crippen LogP contribution in [0, 0.1) is 0 Å². The molecule has 0 amide bonds. The predicted octanol–water partition coefficient (Wildman–Crippen LogP) is 2.61. The van der Waals surface area contributed by atoms with E-state index in [1.807, 2.05) is 0 Å². The Bertz CT molecular complexity index is 572. The number of benzene rings is 1. The van der Waals surface area contributed by atoms with Gasteiger partial charge in [-0.3, -0.25) is 0 Å². The van der Waals surface area contributed by atoms with Crippen molar-refractivity contribution in [3.8, 4) is 0 Å². The zero-order valence-corrected chi connectivity index (χ0v) is 9.67. The van der Waals surface area contributed by atoms with Crippen molar-refractivity contribution >= 4 is 16.7 Å². The lowest BCUT2D eigenvalue weighted by atomic mass is 9.95. The van der Waals surface area contributed by atoms with Crippen LogP contribution < -0.4 is 5.73 Å². The zero-order chi connectivity index (χ0) is 13.6. The third kappa shape index (κ3) is 2.03. The van der Waals surface area contributed by atoms with Crippen LogP contribution in [-0.4, -0.2) is 21.9 Å². The molecule has 3 nitrogen and oxygen atoms in total. The van der Waals surface area contributed by atoms with Gasteiger partial charge >= 0.3 is 6.18 Å². The van der Waals surface area contributed by atoms with Gasteiger partial charge in [0.25, 0.3) is 0 Å². The lowest BCUT2D eigenvalue weighted by molar-refractivity contribution is -0.252. The Morgan fingerprint density at radius 3 is 2.50 bits per heavy atom. The summed E-state index contributed by atoms with van der Waals surface area (Å²) in [6.45, 7) is 0.744. The second kappa shape index (κ2) is 3.91. The summed E-state index contributed by atoms with van der Waals surface area (Å²) in [5, 5.41) is 10.1. The molecule has 0 saturated heterocycles. The normalized spacial score (nSPS) is 15.8. The number of halogens is 3. The standard InChI is InChI=1S/C12H13F3N2O/c1-11(18,12(13,14)15)6-8-7-4-2-3-5-9(7)17-10(8)16/h2-5,17-18H,6,16H2,1H3/t11-/m0/s1. The zero-order valence-electron chi connectivity index (χ0n) is 9.67. The molecule has 0 saturated carbocycles. The molecule has 1 aromatic carbocycles. The van der Waals surface area contributed by atoms with Gasteiger partial charge < -0.3 is 15.8 Å². The topological polar surface area (TPSA) is 62.0 Å². The maximum atomic E-state index is 12.7. The van der Waals surface area contributed by atoms with Crippen molar-refractivity contribution in [3.05, 3.63) is 29.8 Å². The highest BCUT2D eigenvalue weighted by molar-refractivity contribution is 5.88. The minimum atomic E-state index is -4.70. The summed E-state index contributed by atoms with van der Waals surface area (Å²) in [6, 6.07) is 6.85. The van der Waals surface area contributed by atoms with Gasteiger partial charge in [-0.1, -0.05) is 18.2 Å². The molecule has 18 heavy (non-hydrogen) atoms. The van der Waals surface area contributed by atoms with Crippen LogP contribution in [-0.2, 0) is 6.42 Å². The summed E-state index contributed by atoms with van der Waals surface area (Å²) in [5.74, 6) is 0.153. The summed E-state index contributed by atoms with van der Waals surface area (Å²) < 4.78 is 38.0. The van der Waals surface area contributed by atoms with E-state index in [-0.39, 0.29) is 11.4 Å². The molecule has 1 atom stereocenters. The first-order valence-electron chi connectivity index (χ1n) is 5.36. The largest absolute Gasteiger partial charge is 0.417 e. The van der Waals surface area contributed by atoms with E-state index in [1.165, 1.54) is 0 Å². The van der Waals surface area contributed by atoms with E-state index in [2.05, 4.69) is 4.98 Å². The van der Waals surface area contributed by atoms with Gasteiger partial charge in [0.2, 0.25) is 0 Å². The number of anilines is 1. The van der Waals surface area contributed by atoms with Crippen LogP contribution in [0.5, 0.6) is 0 Å². The Hall–Kier alpha value is -1.69. The van der Waals surface area contributed by atoms with Crippen LogP contribution in [0.3, 0.4) is 0 Å². The molecule has 0 unspecified atom stereocenters. The fraction of sp³-hybridized carbons (Fsp3) is 0.333. The molecule has 98 valence electrons. The molecular formula is C12H13F3N2O. The minimum Gasteiger partial charge on any atom is -0.385 e. The number of hydrogen-bond acceptors (Lipinski definition) is 2. The van der Waals surface area contributed by atoms with E-state index in [1.54, 1.807) is 24.3 Å². The van der Waals surface area contributed by atoms with E-state index in [4.69, 9.17) is 5.73 Å². The van der Waals surface area contributed by atoms with Gasteiger partial charge in [-0.25, -0.2) is 0 Å². The first-order chi connectivity index (χ1) is 8.22. The quantitative estimate of drug-likeness (QED) is 0.775. The number of nitrogens with one attached hydrogen (secondary N) is 1. The number of para-hydroxylation sites is 1. The second-order valence-corrected chi connectivity index (χ2v) is 4.51. The molecule has 1 aromatic heterocycles. The number of rotatable bonds is 2. The molecule has 0 aliphatic heterocycles. The van der Waals surface area contributed by atoms with Crippen LogP contribution >= 0.6 is 0 Å². The number of fused-ring (bicyclic) bond motifs is 1. The Balaban J connectivity index is 2.47. The molecule has 0 aliphatic rings. The van der Waals surface area contributed by atoms with Crippen molar-refractivity contribution in [1.82, 2.24) is 4.98 Å². The van der Waals surface area contributed by atoms with Gasteiger partial charge in [0.15, 0.2) is 5.60 Å². The lowest BCUT2D eigenvalue weighted by Crippen LogP contribution is -2.44. The summed E-state index contributed by atoms with van der Waals surface area (Å²) in [4.78, 5) is 2.80. The van der Waals surface area contributed by atoms with E-state index in [0.717, 1.165) is 6.92 Å². The summed E-state index contributed by atoms with van der Waals surface area (Å²) in [7, 11) is 0. The minimum absolute atomic E-state index is 0.153. The Kier molecular flexibility index (Phi) is 2.77. The molecule has 0 aliphatic carbocycles. The maximum Gasteiger partial charge on any atom is 0.417 e. The van der Waals surface area contributed by atoms with Crippen molar-refractivity contribution in [3.63, 3.8) is 0 Å². The Labute approximate surface area is 101 Å². The number of nitrogen functional groups attached to an aromatic ring is 1. The lowest BCUT2D eigenvalue weighted by Gasteiger charge is -2.26. The Morgan fingerprint density at radius 2 is 1.89 bits per heavy atom. The number of aliphatic hydroxyl groups is 1. The first kappa shape index (κ1) is 12.8. The Morgan fingerprint density at radius 1 is 1.28 bits per heavy atom. The molecule has 4 N–H and O–H groups in total. The summed E-state index contributed by atoms with van der Waals surface area (Å²) >= 11 is 0. The van der Waals surface area contributed by atoms with E-state index >= 15 is 0 Å². The smallest absolute Gasteiger partial charge is 0.385 e. The monoisotopic (exact) mass is 258 g/mol. The summed E-state index contributed by atoms with van der Waals surface area (Å²) in [6.07, 6.45) is -5.27. The highest BCUT2D eigenvalue weighted by Crippen LogP contribution is 2.36. The van der Waals surface area contributed by atoms with Gasteiger partial charge in [0, 0.05) is 22.9 Å².